The van der Waals surface area contributed by atoms with E-state index in [1.165, 1.54) is 6.42 Å². The number of nitrogens with zero attached hydrogens (tertiary/aromatic N) is 2. The average molecular weight is 296 g/mol. The lowest BCUT2D eigenvalue weighted by Gasteiger charge is -2.36. The number of carbonyl (C=O) groups excluding carboxylic acids is 1. The first kappa shape index (κ1) is 16.1. The lowest BCUT2D eigenvalue weighted by Crippen LogP contribution is -2.53. The molecular weight excluding hydrogens is 268 g/mol. The number of urea groups is 1. The first-order chi connectivity index (χ1) is 10.0. The summed E-state index contributed by atoms with van der Waals surface area (Å²) in [4.78, 5) is 27.5. The predicted octanol–water partition coefficient (Wildman–Crippen LogP) is 2.80. The van der Waals surface area contributed by atoms with Crippen molar-refractivity contribution in [2.24, 2.45) is 11.8 Å². The van der Waals surface area contributed by atoms with Crippen LogP contribution < -0.4 is 0 Å². The minimum absolute atomic E-state index is 0.0634. The van der Waals surface area contributed by atoms with Gasteiger partial charge in [-0.15, -0.1) is 0 Å². The predicted molar refractivity (Wildman–Crippen MR) is 81.1 cm³/mol. The number of hydrogen-bond donors (Lipinski definition) is 1. The maximum atomic E-state index is 12.7. The molecule has 120 valence electrons. The van der Waals surface area contributed by atoms with Crippen LogP contribution in [0.2, 0.25) is 0 Å². The molecule has 0 aliphatic carbocycles. The minimum atomic E-state index is -0.863. The highest BCUT2D eigenvalue weighted by Gasteiger charge is 2.35. The van der Waals surface area contributed by atoms with E-state index < -0.39 is 12.0 Å². The molecule has 0 radical (unpaired) electrons. The summed E-state index contributed by atoms with van der Waals surface area (Å²) in [5.74, 6) is 0.471. The van der Waals surface area contributed by atoms with E-state index in [4.69, 9.17) is 0 Å². The highest BCUT2D eigenvalue weighted by Crippen LogP contribution is 2.26. The number of hydrogen-bond acceptors (Lipinski definition) is 2. The van der Waals surface area contributed by atoms with Crippen LogP contribution in [0.15, 0.2) is 0 Å². The van der Waals surface area contributed by atoms with Gasteiger partial charge >= 0.3 is 12.0 Å². The Morgan fingerprint density at radius 1 is 1.00 bits per heavy atom. The summed E-state index contributed by atoms with van der Waals surface area (Å²) in [6, 6.07) is -0.693. The third-order valence-corrected chi connectivity index (χ3v) is 5.02. The zero-order valence-corrected chi connectivity index (χ0v) is 13.3. The zero-order valence-electron chi connectivity index (χ0n) is 13.3. The van der Waals surface area contributed by atoms with Crippen molar-refractivity contribution in [1.29, 1.82) is 0 Å². The van der Waals surface area contributed by atoms with Gasteiger partial charge in [0.05, 0.1) is 0 Å². The molecule has 0 spiro atoms. The second-order valence-electron chi connectivity index (χ2n) is 6.75. The van der Waals surface area contributed by atoms with Gasteiger partial charge in [-0.25, -0.2) is 9.59 Å². The number of likely N-dealkylation sites (tertiary alicyclic amines) is 2. The Balaban J connectivity index is 1.99. The zero-order chi connectivity index (χ0) is 15.4. The number of carboxylic acid groups (broad SMARTS) is 1. The molecule has 0 aromatic carbocycles. The molecule has 2 rings (SSSR count). The first-order valence-corrected chi connectivity index (χ1v) is 8.29. The van der Waals surface area contributed by atoms with Gasteiger partial charge < -0.3 is 14.9 Å². The normalized spacial score (nSPS) is 27.6. The van der Waals surface area contributed by atoms with Crippen molar-refractivity contribution in [2.75, 3.05) is 19.6 Å². The van der Waals surface area contributed by atoms with Crippen molar-refractivity contribution in [2.45, 2.75) is 58.4 Å². The van der Waals surface area contributed by atoms with Gasteiger partial charge in [0.2, 0.25) is 0 Å². The number of carbonyl (C=O) groups is 2. The van der Waals surface area contributed by atoms with Gasteiger partial charge in [-0.1, -0.05) is 13.8 Å². The van der Waals surface area contributed by atoms with Crippen molar-refractivity contribution in [3.05, 3.63) is 0 Å². The van der Waals surface area contributed by atoms with E-state index in [0.717, 1.165) is 38.8 Å². The number of amides is 2. The van der Waals surface area contributed by atoms with Gasteiger partial charge in [0.25, 0.3) is 0 Å². The molecule has 21 heavy (non-hydrogen) atoms. The first-order valence-electron chi connectivity index (χ1n) is 8.29. The summed E-state index contributed by atoms with van der Waals surface area (Å²) in [6.45, 7) is 6.61. The van der Waals surface area contributed by atoms with Gasteiger partial charge in [-0.05, 0) is 50.4 Å². The Kier molecular flexibility index (Phi) is 5.48. The number of piperidine rings is 1. The van der Waals surface area contributed by atoms with Crippen LogP contribution in [0.25, 0.3) is 0 Å². The van der Waals surface area contributed by atoms with Crippen molar-refractivity contribution in [3.63, 3.8) is 0 Å². The largest absolute Gasteiger partial charge is 0.480 e. The molecule has 0 saturated carbocycles. The van der Waals surface area contributed by atoms with E-state index in [1.807, 2.05) is 4.90 Å². The third kappa shape index (κ3) is 3.89. The molecule has 5 nitrogen and oxygen atoms in total. The maximum Gasteiger partial charge on any atom is 0.326 e. The monoisotopic (exact) mass is 296 g/mol. The Morgan fingerprint density at radius 2 is 1.76 bits per heavy atom. The van der Waals surface area contributed by atoms with Crippen LogP contribution in [-0.4, -0.2) is 52.6 Å². The van der Waals surface area contributed by atoms with Gasteiger partial charge in [-0.3, -0.25) is 0 Å². The second-order valence-corrected chi connectivity index (χ2v) is 6.75. The van der Waals surface area contributed by atoms with E-state index in [9.17, 15) is 14.7 Å². The maximum absolute atomic E-state index is 12.7. The van der Waals surface area contributed by atoms with E-state index in [0.29, 0.717) is 24.8 Å². The number of aliphatic carboxylic acids is 1. The second kappa shape index (κ2) is 7.14. The van der Waals surface area contributed by atoms with Crippen molar-refractivity contribution in [3.8, 4) is 0 Å². The summed E-state index contributed by atoms with van der Waals surface area (Å²) < 4.78 is 0. The minimum Gasteiger partial charge on any atom is -0.480 e. The lowest BCUT2D eigenvalue weighted by atomic mass is 9.89. The Morgan fingerprint density at radius 3 is 2.43 bits per heavy atom. The van der Waals surface area contributed by atoms with Crippen LogP contribution in [0.5, 0.6) is 0 Å². The van der Waals surface area contributed by atoms with Gasteiger partial charge in [0.1, 0.15) is 6.04 Å². The Bertz CT molecular complexity index is 384. The summed E-state index contributed by atoms with van der Waals surface area (Å²) in [6.07, 6.45) is 5.64. The van der Waals surface area contributed by atoms with Crippen molar-refractivity contribution >= 4 is 12.0 Å². The quantitative estimate of drug-likeness (QED) is 0.852. The van der Waals surface area contributed by atoms with E-state index in [-0.39, 0.29) is 6.03 Å². The Labute approximate surface area is 127 Å². The van der Waals surface area contributed by atoms with Crippen LogP contribution in [0.3, 0.4) is 0 Å². The standard InChI is InChI=1S/C16H28N2O3/c1-12(2)13-6-5-9-17(11-8-13)16(21)18-10-4-3-7-14(18)15(19)20/h12-14H,3-11H2,1-2H3,(H,19,20). The van der Waals surface area contributed by atoms with Crippen LogP contribution in [0, 0.1) is 11.8 Å². The third-order valence-electron chi connectivity index (χ3n) is 5.02. The molecule has 2 aliphatic rings. The summed E-state index contributed by atoms with van der Waals surface area (Å²) >= 11 is 0. The molecule has 2 amide bonds. The molecule has 2 aliphatic heterocycles. The molecule has 5 heteroatoms. The fourth-order valence-corrected chi connectivity index (χ4v) is 3.58. The summed E-state index contributed by atoms with van der Waals surface area (Å²) in [5, 5.41) is 9.31. The lowest BCUT2D eigenvalue weighted by molar-refractivity contribution is -0.143. The highest BCUT2D eigenvalue weighted by molar-refractivity contribution is 5.83. The molecule has 2 saturated heterocycles. The fraction of sp³-hybridized carbons (Fsp3) is 0.875. The Hall–Kier alpha value is -1.26. The SMILES string of the molecule is CC(C)C1CCCN(C(=O)N2CCCCC2C(=O)O)CC1. The smallest absolute Gasteiger partial charge is 0.326 e. The van der Waals surface area contributed by atoms with Gasteiger partial charge in [0, 0.05) is 19.6 Å². The van der Waals surface area contributed by atoms with E-state index in [1.54, 1.807) is 4.90 Å². The molecular formula is C16H28N2O3. The molecule has 0 aromatic rings. The number of rotatable bonds is 2. The van der Waals surface area contributed by atoms with Crippen LogP contribution in [0.4, 0.5) is 4.79 Å². The van der Waals surface area contributed by atoms with E-state index in [2.05, 4.69) is 13.8 Å². The molecule has 0 aromatic heterocycles. The fourth-order valence-electron chi connectivity index (χ4n) is 3.58. The molecule has 2 unspecified atom stereocenters. The summed E-state index contributed by atoms with van der Waals surface area (Å²) in [7, 11) is 0. The molecule has 2 atom stereocenters. The van der Waals surface area contributed by atoms with Gasteiger partial charge in [0.15, 0.2) is 0 Å². The molecule has 2 fully saturated rings. The average Bonchev–Trinajstić information content (AvgIpc) is 2.72. The van der Waals surface area contributed by atoms with Crippen LogP contribution in [0.1, 0.15) is 52.4 Å². The molecule has 2 heterocycles. The van der Waals surface area contributed by atoms with Crippen LogP contribution in [-0.2, 0) is 4.79 Å². The van der Waals surface area contributed by atoms with Crippen molar-refractivity contribution < 1.29 is 14.7 Å². The van der Waals surface area contributed by atoms with Crippen molar-refractivity contribution in [1.82, 2.24) is 9.80 Å². The number of carboxylic acids is 1. The van der Waals surface area contributed by atoms with E-state index >= 15 is 0 Å². The van der Waals surface area contributed by atoms with Gasteiger partial charge in [-0.2, -0.15) is 0 Å². The van der Waals surface area contributed by atoms with Crippen LogP contribution >= 0.6 is 0 Å². The highest BCUT2D eigenvalue weighted by atomic mass is 16.4. The summed E-state index contributed by atoms with van der Waals surface area (Å²) in [5.41, 5.74) is 0. The molecule has 1 N–H and O–H groups in total. The molecule has 0 bridgehead atoms. The topological polar surface area (TPSA) is 60.9 Å².